The molecule has 7 heteroatoms. The molecule has 2 fully saturated rings. The Morgan fingerprint density at radius 2 is 1.89 bits per heavy atom. The Balaban J connectivity index is 1.70. The fourth-order valence-electron chi connectivity index (χ4n) is 8.03. The topological polar surface area (TPSA) is 55.4 Å². The van der Waals surface area contributed by atoms with Gasteiger partial charge in [0, 0.05) is 38.1 Å². The minimum Gasteiger partial charge on any atom is -0.388 e. The number of benzene rings is 1. The number of nitrogens with one attached hydrogen (secondary N) is 1. The number of fused-ring (bicyclic) bond motifs is 4. The average molecular weight is 526 g/mol. The zero-order valence-corrected chi connectivity index (χ0v) is 22.1. The predicted octanol–water partition coefficient (Wildman–Crippen LogP) is 6.40. The molecule has 1 N–H and O–H groups in total. The van der Waals surface area contributed by atoms with E-state index in [2.05, 4.69) is 23.4 Å². The third-order valence-corrected chi connectivity index (χ3v) is 9.70. The Hall–Kier alpha value is -2.85. The van der Waals surface area contributed by atoms with Crippen molar-refractivity contribution in [1.82, 2.24) is 0 Å². The van der Waals surface area contributed by atoms with E-state index in [1.54, 1.807) is 6.08 Å². The van der Waals surface area contributed by atoms with Crippen LogP contribution in [0.3, 0.4) is 0 Å². The van der Waals surface area contributed by atoms with Crippen LogP contribution in [0.4, 0.5) is 18.9 Å². The van der Waals surface area contributed by atoms with Crippen LogP contribution in [0.2, 0.25) is 0 Å². The van der Waals surface area contributed by atoms with Gasteiger partial charge in [-0.05, 0) is 90.7 Å². The fourth-order valence-corrected chi connectivity index (χ4v) is 8.03. The van der Waals surface area contributed by atoms with Gasteiger partial charge in [-0.15, -0.1) is 0 Å². The van der Waals surface area contributed by atoms with Crippen LogP contribution < -0.4 is 5.32 Å². The van der Waals surface area contributed by atoms with Crippen LogP contribution in [0, 0.1) is 34.5 Å². The van der Waals surface area contributed by atoms with Gasteiger partial charge in [0.05, 0.1) is 5.41 Å². The Kier molecular flexibility index (Phi) is 6.84. The summed E-state index contributed by atoms with van der Waals surface area (Å²) in [6, 6.07) is 8.17. The van der Waals surface area contributed by atoms with Gasteiger partial charge in [0.2, 0.25) is 0 Å². The molecule has 4 nitrogen and oxygen atoms in total. The van der Waals surface area contributed by atoms with Crippen molar-refractivity contribution in [2.75, 3.05) is 26.1 Å². The molecular formula is C31H34F3NO3. The molecule has 0 unspecified atom stereocenters. The molecule has 1 aromatic carbocycles. The van der Waals surface area contributed by atoms with Crippen LogP contribution in [0.5, 0.6) is 0 Å². The summed E-state index contributed by atoms with van der Waals surface area (Å²) < 4.78 is 45.4. The van der Waals surface area contributed by atoms with E-state index in [1.807, 2.05) is 26.1 Å². The molecule has 0 aliphatic heterocycles. The highest BCUT2D eigenvalue weighted by atomic mass is 19.4. The molecule has 38 heavy (non-hydrogen) atoms. The first-order valence-electron chi connectivity index (χ1n) is 13.4. The van der Waals surface area contributed by atoms with Gasteiger partial charge in [0.1, 0.15) is 6.61 Å². The first kappa shape index (κ1) is 26.7. The average Bonchev–Trinajstić information content (AvgIpc) is 3.19. The van der Waals surface area contributed by atoms with Crippen molar-refractivity contribution in [2.24, 2.45) is 22.7 Å². The van der Waals surface area contributed by atoms with Crippen molar-refractivity contribution in [3.8, 4) is 11.8 Å². The first-order chi connectivity index (χ1) is 18.0. The number of ether oxygens (including phenoxy) is 1. The number of hydrogen-bond acceptors (Lipinski definition) is 4. The number of ketones is 2. The largest absolute Gasteiger partial charge is 0.457 e. The maximum Gasteiger partial charge on any atom is 0.457 e. The molecule has 0 amide bonds. The Morgan fingerprint density at radius 3 is 2.55 bits per heavy atom. The molecule has 4 aliphatic rings. The molecule has 2 saturated carbocycles. The van der Waals surface area contributed by atoms with E-state index in [-0.39, 0.29) is 35.9 Å². The van der Waals surface area contributed by atoms with E-state index in [4.69, 9.17) is 4.74 Å². The number of Topliss-reactive ketones (excluding diaryl/α,β-unsaturated/α-hetero) is 1. The van der Waals surface area contributed by atoms with Crippen LogP contribution in [0.1, 0.15) is 63.4 Å². The molecule has 5 rings (SSSR count). The third-order valence-electron chi connectivity index (χ3n) is 9.70. The quantitative estimate of drug-likeness (QED) is 0.453. The molecular weight excluding hydrogens is 491 g/mol. The Bertz CT molecular complexity index is 1270. The number of alkyl halides is 3. The second kappa shape index (κ2) is 9.72. The summed E-state index contributed by atoms with van der Waals surface area (Å²) in [6.45, 7) is 1.74. The molecule has 1 aromatic rings. The van der Waals surface area contributed by atoms with Crippen molar-refractivity contribution in [3.05, 3.63) is 52.6 Å². The monoisotopic (exact) mass is 525 g/mol. The van der Waals surface area contributed by atoms with E-state index in [0.717, 1.165) is 29.7 Å². The summed E-state index contributed by atoms with van der Waals surface area (Å²) in [6.07, 6.45) is 1.36. The lowest BCUT2D eigenvalue weighted by Gasteiger charge is -2.54. The predicted molar refractivity (Wildman–Crippen MR) is 139 cm³/mol. The van der Waals surface area contributed by atoms with Gasteiger partial charge in [-0.3, -0.25) is 9.59 Å². The highest BCUT2D eigenvalue weighted by Crippen LogP contribution is 2.69. The molecule has 0 radical (unpaired) electrons. The van der Waals surface area contributed by atoms with Gasteiger partial charge in [0.25, 0.3) is 0 Å². The Morgan fingerprint density at radius 1 is 1.16 bits per heavy atom. The maximum atomic E-state index is 13.6. The number of anilines is 1. The zero-order valence-electron chi connectivity index (χ0n) is 22.1. The summed E-state index contributed by atoms with van der Waals surface area (Å²) in [5, 5.41) is 3.14. The third kappa shape index (κ3) is 4.31. The van der Waals surface area contributed by atoms with Crippen molar-refractivity contribution in [1.29, 1.82) is 0 Å². The van der Waals surface area contributed by atoms with E-state index < -0.39 is 17.0 Å². The van der Waals surface area contributed by atoms with Gasteiger partial charge in [0.15, 0.2) is 11.6 Å². The van der Waals surface area contributed by atoms with Crippen LogP contribution in [-0.2, 0) is 14.3 Å². The SMILES string of the molecule is CNc1ccc([C@H]2C[C@@]3(C)[C@@H](CC[C@@]3(C#CC(F)(F)F)C(=O)COC)[C@@H]3CCC4=CC(=O)CCC4=C32)cc1. The van der Waals surface area contributed by atoms with Crippen LogP contribution in [0.25, 0.3) is 0 Å². The van der Waals surface area contributed by atoms with Crippen LogP contribution in [0.15, 0.2) is 47.1 Å². The molecule has 0 saturated heterocycles. The van der Waals surface area contributed by atoms with Gasteiger partial charge >= 0.3 is 6.18 Å². The highest BCUT2D eigenvalue weighted by Gasteiger charge is 2.65. The minimum absolute atomic E-state index is 0.0281. The summed E-state index contributed by atoms with van der Waals surface area (Å²) >= 11 is 0. The van der Waals surface area contributed by atoms with Crippen molar-refractivity contribution in [3.63, 3.8) is 0 Å². The van der Waals surface area contributed by atoms with E-state index in [9.17, 15) is 22.8 Å². The second-order valence-corrected chi connectivity index (χ2v) is 11.4. The summed E-state index contributed by atoms with van der Waals surface area (Å²) in [4.78, 5) is 25.9. The van der Waals surface area contributed by atoms with E-state index in [0.29, 0.717) is 32.1 Å². The zero-order chi connectivity index (χ0) is 27.3. The van der Waals surface area contributed by atoms with Crippen molar-refractivity contribution < 1.29 is 27.5 Å². The minimum atomic E-state index is -4.68. The number of halogens is 3. The molecule has 202 valence electrons. The van der Waals surface area contributed by atoms with E-state index in [1.165, 1.54) is 24.2 Å². The second-order valence-electron chi connectivity index (χ2n) is 11.4. The molecule has 0 aromatic heterocycles. The van der Waals surface area contributed by atoms with Gasteiger partial charge < -0.3 is 10.1 Å². The molecule has 0 heterocycles. The van der Waals surface area contributed by atoms with Gasteiger partial charge in [-0.1, -0.05) is 30.6 Å². The number of methoxy groups -OCH3 is 1. The van der Waals surface area contributed by atoms with Crippen molar-refractivity contribution in [2.45, 2.75) is 64.0 Å². The highest BCUT2D eigenvalue weighted by molar-refractivity contribution is 5.93. The summed E-state index contributed by atoms with van der Waals surface area (Å²) in [5.41, 5.74) is 3.56. The maximum absolute atomic E-state index is 13.6. The van der Waals surface area contributed by atoms with Crippen LogP contribution in [-0.4, -0.2) is 38.5 Å². The number of allylic oxidation sites excluding steroid dienone is 4. The summed E-state index contributed by atoms with van der Waals surface area (Å²) in [7, 11) is 3.25. The fraction of sp³-hybridized carbons (Fsp3) is 0.548. The summed E-state index contributed by atoms with van der Waals surface area (Å²) in [5.74, 6) is 3.91. The van der Waals surface area contributed by atoms with E-state index >= 15 is 0 Å². The van der Waals surface area contributed by atoms with Crippen LogP contribution >= 0.6 is 0 Å². The standard InChI is InChI=1S/C31H34F3NO3/c1-29-17-25(19-4-7-21(35-2)8-5-19)28-23-11-9-22(36)16-20(23)6-10-24(28)26(29)12-13-30(29,27(37)18-38-3)14-15-31(32,33)34/h4-5,7-8,16,24-26,35H,6,9-13,17-18H2,1-3H3/t24-,25+,26-,29-,30+/m0/s1. The normalized spacial score (nSPS) is 32.4. The lowest BCUT2D eigenvalue weighted by atomic mass is 9.48. The number of hydrogen-bond donors (Lipinski definition) is 1. The molecule has 0 spiro atoms. The molecule has 0 bridgehead atoms. The number of carbonyl (C=O) groups excluding carboxylic acids is 2. The smallest absolute Gasteiger partial charge is 0.388 e. The molecule has 4 aliphatic carbocycles. The van der Waals surface area contributed by atoms with Gasteiger partial charge in [-0.2, -0.15) is 13.2 Å². The lowest BCUT2D eigenvalue weighted by Crippen LogP contribution is -2.51. The molecule has 5 atom stereocenters. The lowest BCUT2D eigenvalue weighted by molar-refractivity contribution is -0.136. The first-order valence-corrected chi connectivity index (χ1v) is 13.4. The van der Waals surface area contributed by atoms with Crippen molar-refractivity contribution >= 4 is 17.3 Å². The number of rotatable bonds is 5. The Labute approximate surface area is 222 Å². The van der Waals surface area contributed by atoms with Gasteiger partial charge in [-0.25, -0.2) is 0 Å². The number of carbonyl (C=O) groups is 2.